The summed E-state index contributed by atoms with van der Waals surface area (Å²) in [5.41, 5.74) is 1.98. The maximum Gasteiger partial charge on any atom is 0.226 e. The van der Waals surface area contributed by atoms with E-state index in [9.17, 15) is 0 Å². The van der Waals surface area contributed by atoms with Gasteiger partial charge < -0.3 is 4.42 Å². The minimum Gasteiger partial charge on any atom is -0.442 e. The average Bonchev–Trinajstić information content (AvgIpc) is 2.56. The molecule has 2 aromatic rings. The SMILES string of the molecule is C1=Cc2c(oc3ncccc23)CC1. The van der Waals surface area contributed by atoms with Gasteiger partial charge in [0.25, 0.3) is 0 Å². The summed E-state index contributed by atoms with van der Waals surface area (Å²) in [5.74, 6) is 1.08. The van der Waals surface area contributed by atoms with Gasteiger partial charge in [-0.2, -0.15) is 0 Å². The van der Waals surface area contributed by atoms with Crippen molar-refractivity contribution < 1.29 is 4.42 Å². The largest absolute Gasteiger partial charge is 0.442 e. The first kappa shape index (κ1) is 6.89. The molecule has 0 bridgehead atoms. The molecule has 13 heavy (non-hydrogen) atoms. The summed E-state index contributed by atoms with van der Waals surface area (Å²) >= 11 is 0. The van der Waals surface area contributed by atoms with Crippen LogP contribution < -0.4 is 0 Å². The molecule has 0 N–H and O–H groups in total. The van der Waals surface area contributed by atoms with Crippen molar-refractivity contribution in [1.82, 2.24) is 4.98 Å². The second-order valence-electron chi connectivity index (χ2n) is 3.24. The molecule has 2 heteroatoms. The number of rotatable bonds is 0. The lowest BCUT2D eigenvalue weighted by molar-refractivity contribution is 0.537. The average molecular weight is 171 g/mol. The van der Waals surface area contributed by atoms with Gasteiger partial charge in [-0.15, -0.1) is 0 Å². The third kappa shape index (κ3) is 0.917. The van der Waals surface area contributed by atoms with Crippen LogP contribution in [-0.4, -0.2) is 4.98 Å². The van der Waals surface area contributed by atoms with Gasteiger partial charge in [-0.1, -0.05) is 12.2 Å². The quantitative estimate of drug-likeness (QED) is 0.609. The van der Waals surface area contributed by atoms with Crippen molar-refractivity contribution in [3.63, 3.8) is 0 Å². The van der Waals surface area contributed by atoms with Gasteiger partial charge in [-0.25, -0.2) is 4.98 Å². The van der Waals surface area contributed by atoms with Crippen LogP contribution >= 0.6 is 0 Å². The molecule has 1 aliphatic carbocycles. The van der Waals surface area contributed by atoms with Crippen molar-refractivity contribution >= 4 is 17.2 Å². The van der Waals surface area contributed by atoms with Crippen molar-refractivity contribution in [1.29, 1.82) is 0 Å². The fourth-order valence-electron chi connectivity index (χ4n) is 1.78. The predicted octanol–water partition coefficient (Wildman–Crippen LogP) is 2.79. The van der Waals surface area contributed by atoms with E-state index in [1.807, 2.05) is 6.07 Å². The highest BCUT2D eigenvalue weighted by molar-refractivity contribution is 5.86. The number of nitrogens with zero attached hydrogens (tertiary/aromatic N) is 1. The Morgan fingerprint density at radius 1 is 1.38 bits per heavy atom. The molecule has 2 aromatic heterocycles. The van der Waals surface area contributed by atoms with E-state index in [0.29, 0.717) is 0 Å². The maximum absolute atomic E-state index is 5.63. The molecular weight excluding hydrogens is 162 g/mol. The van der Waals surface area contributed by atoms with Gasteiger partial charge in [-0.3, -0.25) is 0 Å². The van der Waals surface area contributed by atoms with E-state index < -0.39 is 0 Å². The molecule has 0 saturated carbocycles. The Morgan fingerprint density at radius 2 is 2.38 bits per heavy atom. The number of aryl methyl sites for hydroxylation is 1. The topological polar surface area (TPSA) is 26.0 Å². The standard InChI is InChI=1S/C11H9NO/c1-2-6-10-8(4-1)9-5-3-7-12-11(9)13-10/h1,3-5,7H,2,6H2. The first-order valence-electron chi connectivity index (χ1n) is 4.48. The molecule has 0 amide bonds. The third-order valence-electron chi connectivity index (χ3n) is 2.40. The van der Waals surface area contributed by atoms with Gasteiger partial charge in [0, 0.05) is 23.6 Å². The monoisotopic (exact) mass is 171 g/mol. The van der Waals surface area contributed by atoms with Crippen LogP contribution in [0.4, 0.5) is 0 Å². The van der Waals surface area contributed by atoms with E-state index in [4.69, 9.17) is 4.42 Å². The van der Waals surface area contributed by atoms with Crippen LogP contribution in [0.5, 0.6) is 0 Å². The number of hydrogen-bond acceptors (Lipinski definition) is 2. The lowest BCUT2D eigenvalue weighted by Crippen LogP contribution is -1.87. The Bertz CT molecular complexity index is 482. The zero-order chi connectivity index (χ0) is 8.67. The second kappa shape index (κ2) is 2.46. The van der Waals surface area contributed by atoms with Crippen LogP contribution in [0, 0.1) is 0 Å². The van der Waals surface area contributed by atoms with E-state index in [2.05, 4.69) is 23.2 Å². The van der Waals surface area contributed by atoms with Gasteiger partial charge in [0.2, 0.25) is 5.71 Å². The van der Waals surface area contributed by atoms with Crippen LogP contribution in [0.25, 0.3) is 17.2 Å². The van der Waals surface area contributed by atoms with Crippen LogP contribution in [0.3, 0.4) is 0 Å². The molecule has 0 unspecified atom stereocenters. The van der Waals surface area contributed by atoms with Crippen LogP contribution in [0.2, 0.25) is 0 Å². The summed E-state index contributed by atoms with van der Waals surface area (Å²) in [6.07, 6.45) is 8.16. The number of furan rings is 1. The van der Waals surface area contributed by atoms with E-state index in [-0.39, 0.29) is 0 Å². The maximum atomic E-state index is 5.63. The summed E-state index contributed by atoms with van der Waals surface area (Å²) in [6, 6.07) is 4.00. The van der Waals surface area contributed by atoms with E-state index in [0.717, 1.165) is 29.7 Å². The lowest BCUT2D eigenvalue weighted by atomic mass is 10.0. The molecule has 0 radical (unpaired) electrons. The third-order valence-corrected chi connectivity index (χ3v) is 2.40. The highest BCUT2D eigenvalue weighted by Crippen LogP contribution is 2.29. The highest BCUT2D eigenvalue weighted by Gasteiger charge is 2.13. The summed E-state index contributed by atoms with van der Waals surface area (Å²) in [6.45, 7) is 0. The first-order valence-corrected chi connectivity index (χ1v) is 4.48. The molecular formula is C11H9NO. The van der Waals surface area contributed by atoms with Gasteiger partial charge in [-0.05, 0) is 18.6 Å². The number of hydrogen-bond donors (Lipinski definition) is 0. The fourth-order valence-corrected chi connectivity index (χ4v) is 1.78. The summed E-state index contributed by atoms with van der Waals surface area (Å²) in [7, 11) is 0. The van der Waals surface area contributed by atoms with E-state index >= 15 is 0 Å². The number of allylic oxidation sites excluding steroid dienone is 1. The van der Waals surface area contributed by atoms with Crippen molar-refractivity contribution in [3.05, 3.63) is 35.7 Å². The van der Waals surface area contributed by atoms with Gasteiger partial charge >= 0.3 is 0 Å². The highest BCUT2D eigenvalue weighted by atomic mass is 16.3. The van der Waals surface area contributed by atoms with E-state index in [1.54, 1.807) is 6.20 Å². The second-order valence-corrected chi connectivity index (χ2v) is 3.24. The molecule has 3 rings (SSSR count). The lowest BCUT2D eigenvalue weighted by Gasteiger charge is -2.00. The zero-order valence-electron chi connectivity index (χ0n) is 7.16. The van der Waals surface area contributed by atoms with Crippen molar-refractivity contribution in [3.8, 4) is 0 Å². The van der Waals surface area contributed by atoms with Gasteiger partial charge in [0.15, 0.2) is 0 Å². The molecule has 0 spiro atoms. The molecule has 64 valence electrons. The Labute approximate surface area is 75.9 Å². The number of pyridine rings is 1. The van der Waals surface area contributed by atoms with E-state index in [1.165, 1.54) is 5.56 Å². The minimum absolute atomic E-state index is 0.763. The number of fused-ring (bicyclic) bond motifs is 3. The van der Waals surface area contributed by atoms with Crippen LogP contribution in [-0.2, 0) is 6.42 Å². The molecule has 1 aliphatic rings. The summed E-state index contributed by atoms with van der Waals surface area (Å²) in [5, 5.41) is 1.13. The minimum atomic E-state index is 0.763. The Kier molecular flexibility index (Phi) is 1.30. The Balaban J connectivity index is 2.42. The van der Waals surface area contributed by atoms with Crippen molar-refractivity contribution in [2.24, 2.45) is 0 Å². The summed E-state index contributed by atoms with van der Waals surface area (Å²) < 4.78 is 5.63. The Morgan fingerprint density at radius 3 is 3.38 bits per heavy atom. The molecule has 0 fully saturated rings. The number of aromatic nitrogens is 1. The molecule has 2 nitrogen and oxygen atoms in total. The van der Waals surface area contributed by atoms with Crippen molar-refractivity contribution in [2.45, 2.75) is 12.8 Å². The molecule has 0 saturated heterocycles. The predicted molar refractivity (Wildman–Crippen MR) is 51.4 cm³/mol. The van der Waals surface area contributed by atoms with Crippen molar-refractivity contribution in [2.75, 3.05) is 0 Å². The molecule has 0 aromatic carbocycles. The van der Waals surface area contributed by atoms with Crippen LogP contribution in [0.15, 0.2) is 28.8 Å². The smallest absolute Gasteiger partial charge is 0.226 e. The first-order chi connectivity index (χ1) is 6.45. The van der Waals surface area contributed by atoms with Gasteiger partial charge in [0.1, 0.15) is 5.76 Å². The summed E-state index contributed by atoms with van der Waals surface area (Å²) in [4.78, 5) is 4.19. The normalized spacial score (nSPS) is 14.8. The molecule has 2 heterocycles. The molecule has 0 atom stereocenters. The van der Waals surface area contributed by atoms with Crippen LogP contribution in [0.1, 0.15) is 17.7 Å². The molecule has 0 aliphatic heterocycles. The van der Waals surface area contributed by atoms with Gasteiger partial charge in [0.05, 0.1) is 0 Å². The zero-order valence-corrected chi connectivity index (χ0v) is 7.16. The Hall–Kier alpha value is -1.57. The fraction of sp³-hybridized carbons (Fsp3) is 0.182.